The van der Waals surface area contributed by atoms with Crippen molar-refractivity contribution in [3.63, 3.8) is 0 Å². The van der Waals surface area contributed by atoms with Crippen molar-refractivity contribution in [3.8, 4) is 0 Å². The zero-order valence-electron chi connectivity index (χ0n) is 16.7. The van der Waals surface area contributed by atoms with Gasteiger partial charge in [-0.05, 0) is 43.4 Å². The van der Waals surface area contributed by atoms with Gasteiger partial charge in [-0.15, -0.1) is 0 Å². The minimum Gasteiger partial charge on any atom is -0.375 e. The monoisotopic (exact) mass is 391 g/mol. The highest BCUT2D eigenvalue weighted by molar-refractivity contribution is 5.95. The van der Waals surface area contributed by atoms with E-state index >= 15 is 0 Å². The molecule has 1 unspecified atom stereocenters. The number of benzene rings is 1. The van der Waals surface area contributed by atoms with Gasteiger partial charge in [0.15, 0.2) is 0 Å². The van der Waals surface area contributed by atoms with Gasteiger partial charge < -0.3 is 15.0 Å². The summed E-state index contributed by atoms with van der Waals surface area (Å²) in [6.45, 7) is 4.30. The summed E-state index contributed by atoms with van der Waals surface area (Å²) in [6, 6.07) is 4.55. The average molecular weight is 391 g/mol. The lowest BCUT2D eigenvalue weighted by molar-refractivity contribution is -0.138. The number of anilines is 1. The van der Waals surface area contributed by atoms with Crippen LogP contribution in [-0.4, -0.2) is 67.6 Å². The summed E-state index contributed by atoms with van der Waals surface area (Å²) in [5.74, 6) is -0.108. The second-order valence-electron chi connectivity index (χ2n) is 7.79. The van der Waals surface area contributed by atoms with Crippen LogP contribution in [0.4, 0.5) is 10.1 Å². The van der Waals surface area contributed by atoms with Crippen LogP contribution in [0, 0.1) is 18.7 Å². The SMILES string of the molecule is COCC(=O)N1CCN(C(C(=O)Nc2ccc(C)c(F)c2)C2CCCC2)CC1. The number of carbonyl (C=O) groups excluding carboxylic acids is 2. The Balaban J connectivity index is 1.68. The van der Waals surface area contributed by atoms with E-state index in [2.05, 4.69) is 10.2 Å². The molecule has 0 spiro atoms. The van der Waals surface area contributed by atoms with Gasteiger partial charge in [-0.1, -0.05) is 18.9 Å². The first-order valence-electron chi connectivity index (χ1n) is 10.1. The summed E-state index contributed by atoms with van der Waals surface area (Å²) in [5, 5.41) is 2.92. The maximum absolute atomic E-state index is 13.9. The number of amides is 2. The highest BCUT2D eigenvalue weighted by atomic mass is 19.1. The van der Waals surface area contributed by atoms with Gasteiger partial charge in [-0.25, -0.2) is 4.39 Å². The average Bonchev–Trinajstić information content (AvgIpc) is 3.20. The van der Waals surface area contributed by atoms with Crippen LogP contribution < -0.4 is 5.32 Å². The maximum Gasteiger partial charge on any atom is 0.248 e. The molecule has 2 amide bonds. The molecule has 3 rings (SSSR count). The van der Waals surface area contributed by atoms with Gasteiger partial charge >= 0.3 is 0 Å². The van der Waals surface area contributed by atoms with Crippen LogP contribution in [0.15, 0.2) is 18.2 Å². The molecule has 1 N–H and O–H groups in total. The lowest BCUT2D eigenvalue weighted by atomic mass is 9.94. The summed E-state index contributed by atoms with van der Waals surface area (Å²) in [7, 11) is 1.52. The van der Waals surface area contributed by atoms with Crippen LogP contribution in [0.1, 0.15) is 31.2 Å². The zero-order valence-corrected chi connectivity index (χ0v) is 16.7. The predicted octanol–water partition coefficient (Wildman–Crippen LogP) is 2.42. The second kappa shape index (κ2) is 9.47. The Kier molecular flexibility index (Phi) is 7.02. The minimum absolute atomic E-state index is 0.0147. The lowest BCUT2D eigenvalue weighted by Crippen LogP contribution is -2.57. The number of rotatable bonds is 6. The first-order chi connectivity index (χ1) is 13.5. The minimum atomic E-state index is -0.319. The van der Waals surface area contributed by atoms with E-state index in [1.165, 1.54) is 13.2 Å². The first-order valence-corrected chi connectivity index (χ1v) is 10.1. The van der Waals surface area contributed by atoms with E-state index in [0.29, 0.717) is 43.3 Å². The van der Waals surface area contributed by atoms with Gasteiger partial charge in [-0.3, -0.25) is 14.5 Å². The first kappa shape index (κ1) is 20.7. The molecule has 28 heavy (non-hydrogen) atoms. The number of halogens is 1. The van der Waals surface area contributed by atoms with Crippen LogP contribution >= 0.6 is 0 Å². The third-order valence-corrected chi connectivity index (χ3v) is 5.88. The summed E-state index contributed by atoms with van der Waals surface area (Å²) in [4.78, 5) is 29.1. The van der Waals surface area contributed by atoms with Crippen molar-refractivity contribution in [2.75, 3.05) is 45.2 Å². The van der Waals surface area contributed by atoms with E-state index < -0.39 is 0 Å². The van der Waals surface area contributed by atoms with Crippen molar-refractivity contribution in [1.82, 2.24) is 9.80 Å². The van der Waals surface area contributed by atoms with Gasteiger partial charge in [0.2, 0.25) is 11.8 Å². The fourth-order valence-electron chi connectivity index (χ4n) is 4.30. The summed E-state index contributed by atoms with van der Waals surface area (Å²) < 4.78 is 18.8. The number of carbonyl (C=O) groups is 2. The van der Waals surface area contributed by atoms with Crippen LogP contribution in [0.25, 0.3) is 0 Å². The number of nitrogens with zero attached hydrogens (tertiary/aromatic N) is 2. The lowest BCUT2D eigenvalue weighted by Gasteiger charge is -2.40. The van der Waals surface area contributed by atoms with Crippen LogP contribution in [-0.2, 0) is 14.3 Å². The Morgan fingerprint density at radius 3 is 2.50 bits per heavy atom. The van der Waals surface area contributed by atoms with Crippen LogP contribution in [0.2, 0.25) is 0 Å². The zero-order chi connectivity index (χ0) is 20.1. The van der Waals surface area contributed by atoms with Gasteiger partial charge in [0.25, 0.3) is 0 Å². The molecule has 1 aliphatic carbocycles. The Morgan fingerprint density at radius 1 is 1.21 bits per heavy atom. The summed E-state index contributed by atoms with van der Waals surface area (Å²) >= 11 is 0. The number of hydrogen-bond acceptors (Lipinski definition) is 4. The molecule has 0 aromatic heterocycles. The van der Waals surface area contributed by atoms with Gasteiger partial charge in [0.05, 0.1) is 6.04 Å². The molecule has 7 heteroatoms. The van der Waals surface area contributed by atoms with E-state index in [0.717, 1.165) is 25.7 Å². The Morgan fingerprint density at radius 2 is 1.89 bits per heavy atom. The molecule has 0 bridgehead atoms. The topological polar surface area (TPSA) is 61.9 Å². The van der Waals surface area contributed by atoms with Crippen molar-refractivity contribution < 1.29 is 18.7 Å². The fraction of sp³-hybridized carbons (Fsp3) is 0.619. The highest BCUT2D eigenvalue weighted by Gasteiger charge is 2.37. The molecule has 1 aromatic carbocycles. The molecule has 154 valence electrons. The summed E-state index contributed by atoms with van der Waals surface area (Å²) in [5.41, 5.74) is 1.05. The van der Waals surface area contributed by atoms with Crippen molar-refractivity contribution in [3.05, 3.63) is 29.6 Å². The highest BCUT2D eigenvalue weighted by Crippen LogP contribution is 2.31. The van der Waals surface area contributed by atoms with E-state index in [1.807, 2.05) is 0 Å². The molecular formula is C21H30FN3O3. The largest absolute Gasteiger partial charge is 0.375 e. The van der Waals surface area contributed by atoms with Crippen molar-refractivity contribution in [2.45, 2.75) is 38.6 Å². The maximum atomic E-state index is 13.9. The molecule has 1 heterocycles. The molecule has 1 aromatic rings. The molecule has 6 nitrogen and oxygen atoms in total. The number of methoxy groups -OCH3 is 1. The Labute approximate surface area is 166 Å². The molecule has 1 saturated carbocycles. The molecule has 2 fully saturated rings. The molecule has 2 aliphatic rings. The van der Waals surface area contributed by atoms with Gasteiger partial charge in [0, 0.05) is 39.0 Å². The smallest absolute Gasteiger partial charge is 0.248 e. The summed E-state index contributed by atoms with van der Waals surface area (Å²) in [6.07, 6.45) is 4.34. The van der Waals surface area contributed by atoms with E-state index in [4.69, 9.17) is 4.74 Å². The quantitative estimate of drug-likeness (QED) is 0.809. The molecule has 1 saturated heterocycles. The number of ether oxygens (including phenoxy) is 1. The molecule has 1 aliphatic heterocycles. The Bertz CT molecular complexity index is 698. The third kappa shape index (κ3) is 4.89. The number of piperazine rings is 1. The van der Waals surface area contributed by atoms with Crippen molar-refractivity contribution in [2.24, 2.45) is 5.92 Å². The van der Waals surface area contributed by atoms with Crippen LogP contribution in [0.3, 0.4) is 0 Å². The van der Waals surface area contributed by atoms with Crippen LogP contribution in [0.5, 0.6) is 0 Å². The molecule has 0 radical (unpaired) electrons. The normalized spacial score (nSPS) is 19.6. The van der Waals surface area contributed by atoms with Crippen molar-refractivity contribution in [1.29, 1.82) is 0 Å². The predicted molar refractivity (Wildman–Crippen MR) is 106 cm³/mol. The Hall–Kier alpha value is -1.99. The van der Waals surface area contributed by atoms with Gasteiger partial charge in [-0.2, -0.15) is 0 Å². The van der Waals surface area contributed by atoms with Gasteiger partial charge in [0.1, 0.15) is 12.4 Å². The number of nitrogens with one attached hydrogen (secondary N) is 1. The fourth-order valence-corrected chi connectivity index (χ4v) is 4.30. The van der Waals surface area contributed by atoms with E-state index in [9.17, 15) is 14.0 Å². The number of hydrogen-bond donors (Lipinski definition) is 1. The second-order valence-corrected chi connectivity index (χ2v) is 7.79. The third-order valence-electron chi connectivity index (χ3n) is 5.88. The molecule has 1 atom stereocenters. The van der Waals surface area contributed by atoms with E-state index in [1.54, 1.807) is 24.0 Å². The molecular weight excluding hydrogens is 361 g/mol. The number of aryl methyl sites for hydroxylation is 1. The standard InChI is InChI=1S/C21H30FN3O3/c1-15-7-8-17(13-18(15)22)23-21(27)20(16-5-3-4-6-16)25-11-9-24(10-12-25)19(26)14-28-2/h7-8,13,16,20H,3-6,9-12,14H2,1-2H3,(H,23,27). The van der Waals surface area contributed by atoms with Crippen molar-refractivity contribution >= 4 is 17.5 Å². The van der Waals surface area contributed by atoms with E-state index in [-0.39, 0.29) is 30.3 Å².